The predicted octanol–water partition coefficient (Wildman–Crippen LogP) is 2.70. The van der Waals surface area contributed by atoms with E-state index >= 15 is 0 Å². The SMILES string of the molecule is COc1ccc2[nH]c(CNC(=O)[C@H]3OCC(=O)N(C)[C@@H]3c3ccccc3C)cc2c1. The molecule has 1 fully saturated rings. The van der Waals surface area contributed by atoms with E-state index in [0.29, 0.717) is 6.54 Å². The Balaban J connectivity index is 1.52. The topological polar surface area (TPSA) is 83.7 Å². The minimum atomic E-state index is -0.779. The van der Waals surface area contributed by atoms with Gasteiger partial charge in [0, 0.05) is 23.6 Å². The smallest absolute Gasteiger partial charge is 0.252 e. The van der Waals surface area contributed by atoms with E-state index in [9.17, 15) is 9.59 Å². The Hall–Kier alpha value is -3.32. The second-order valence-electron chi connectivity index (χ2n) is 7.50. The fourth-order valence-electron chi connectivity index (χ4n) is 3.90. The molecular formula is C23H25N3O4. The van der Waals surface area contributed by atoms with Crippen molar-refractivity contribution in [3.05, 3.63) is 65.4 Å². The lowest BCUT2D eigenvalue weighted by Gasteiger charge is -2.38. The van der Waals surface area contributed by atoms with E-state index in [4.69, 9.17) is 9.47 Å². The summed E-state index contributed by atoms with van der Waals surface area (Å²) in [4.78, 5) is 30.2. The van der Waals surface area contributed by atoms with E-state index in [-0.39, 0.29) is 18.4 Å². The van der Waals surface area contributed by atoms with Crippen LogP contribution in [0.15, 0.2) is 48.5 Å². The Morgan fingerprint density at radius 1 is 1.27 bits per heavy atom. The number of likely N-dealkylation sites (N-methyl/N-ethyl adjacent to an activating group) is 1. The van der Waals surface area contributed by atoms with Crippen LogP contribution in [0.3, 0.4) is 0 Å². The number of hydrogen-bond donors (Lipinski definition) is 2. The Morgan fingerprint density at radius 2 is 2.07 bits per heavy atom. The van der Waals surface area contributed by atoms with E-state index in [1.165, 1.54) is 0 Å². The second kappa shape index (κ2) is 8.20. The molecular weight excluding hydrogens is 382 g/mol. The normalized spacial score (nSPS) is 19.2. The second-order valence-corrected chi connectivity index (χ2v) is 7.50. The largest absolute Gasteiger partial charge is 0.497 e. The third-order valence-corrected chi connectivity index (χ3v) is 5.59. The van der Waals surface area contributed by atoms with Gasteiger partial charge in [-0.1, -0.05) is 24.3 Å². The Labute approximate surface area is 175 Å². The number of aryl methyl sites for hydroxylation is 1. The Morgan fingerprint density at radius 3 is 2.83 bits per heavy atom. The molecule has 0 saturated carbocycles. The lowest BCUT2D eigenvalue weighted by molar-refractivity contribution is -0.162. The number of H-pyrrole nitrogens is 1. The van der Waals surface area contributed by atoms with Gasteiger partial charge >= 0.3 is 0 Å². The number of amides is 2. The van der Waals surface area contributed by atoms with Gasteiger partial charge in [0.05, 0.1) is 19.7 Å². The fourth-order valence-corrected chi connectivity index (χ4v) is 3.90. The molecule has 1 saturated heterocycles. The molecule has 7 heteroatoms. The first kappa shape index (κ1) is 20.0. The maximum Gasteiger partial charge on any atom is 0.252 e. The van der Waals surface area contributed by atoms with E-state index in [1.54, 1.807) is 19.1 Å². The first-order valence-electron chi connectivity index (χ1n) is 9.84. The number of aromatic amines is 1. The van der Waals surface area contributed by atoms with Gasteiger partial charge in [0.15, 0.2) is 6.10 Å². The maximum atomic E-state index is 13.0. The van der Waals surface area contributed by atoms with Crippen LogP contribution in [0.2, 0.25) is 0 Å². The first-order chi connectivity index (χ1) is 14.5. The number of rotatable bonds is 5. The van der Waals surface area contributed by atoms with Gasteiger partial charge in [-0.25, -0.2) is 0 Å². The van der Waals surface area contributed by atoms with Crippen LogP contribution >= 0.6 is 0 Å². The number of fused-ring (bicyclic) bond motifs is 1. The molecule has 0 aliphatic carbocycles. The molecule has 2 aromatic carbocycles. The Bertz CT molecular complexity index is 1090. The highest BCUT2D eigenvalue weighted by Gasteiger charge is 2.40. The van der Waals surface area contributed by atoms with E-state index < -0.39 is 12.1 Å². The number of morpholine rings is 1. The van der Waals surface area contributed by atoms with Crippen molar-refractivity contribution in [1.29, 1.82) is 0 Å². The summed E-state index contributed by atoms with van der Waals surface area (Å²) < 4.78 is 11.0. The molecule has 156 valence electrons. The molecule has 2 N–H and O–H groups in total. The van der Waals surface area contributed by atoms with Crippen molar-refractivity contribution in [2.24, 2.45) is 0 Å². The standard InChI is InChI=1S/C23H25N3O4/c1-14-6-4-5-7-18(14)21-22(30-13-20(27)26(21)2)23(28)24-12-16-10-15-11-17(29-3)8-9-19(15)25-16/h4-11,21-22,25H,12-13H2,1-3H3,(H,24,28)/t21-,22+/m1/s1. The van der Waals surface area contributed by atoms with Crippen molar-refractivity contribution in [3.8, 4) is 5.75 Å². The van der Waals surface area contributed by atoms with Crippen LogP contribution in [0.25, 0.3) is 10.9 Å². The molecule has 2 atom stereocenters. The monoisotopic (exact) mass is 407 g/mol. The van der Waals surface area contributed by atoms with Crippen LogP contribution in [0.4, 0.5) is 0 Å². The summed E-state index contributed by atoms with van der Waals surface area (Å²) in [6.45, 7) is 2.19. The quantitative estimate of drug-likeness (QED) is 0.681. The molecule has 1 aromatic heterocycles. The van der Waals surface area contributed by atoms with Gasteiger partial charge < -0.3 is 24.7 Å². The average molecular weight is 407 g/mol. The van der Waals surface area contributed by atoms with Crippen molar-refractivity contribution < 1.29 is 19.1 Å². The van der Waals surface area contributed by atoms with Crippen LogP contribution < -0.4 is 10.1 Å². The minimum Gasteiger partial charge on any atom is -0.497 e. The van der Waals surface area contributed by atoms with Crippen molar-refractivity contribution in [2.45, 2.75) is 25.6 Å². The summed E-state index contributed by atoms with van der Waals surface area (Å²) in [6.07, 6.45) is -0.779. The summed E-state index contributed by atoms with van der Waals surface area (Å²) in [7, 11) is 3.35. The molecule has 0 spiro atoms. The molecule has 1 aliphatic heterocycles. The van der Waals surface area contributed by atoms with Crippen LogP contribution in [0.1, 0.15) is 22.9 Å². The predicted molar refractivity (Wildman–Crippen MR) is 113 cm³/mol. The number of aromatic nitrogens is 1. The lowest BCUT2D eigenvalue weighted by Crippen LogP contribution is -2.53. The summed E-state index contributed by atoms with van der Waals surface area (Å²) in [5.41, 5.74) is 3.76. The maximum absolute atomic E-state index is 13.0. The highest BCUT2D eigenvalue weighted by molar-refractivity contribution is 5.87. The molecule has 2 heterocycles. The zero-order valence-electron chi connectivity index (χ0n) is 17.3. The number of hydrogen-bond acceptors (Lipinski definition) is 4. The van der Waals surface area contributed by atoms with Crippen molar-refractivity contribution in [3.63, 3.8) is 0 Å². The van der Waals surface area contributed by atoms with Crippen LogP contribution in [0.5, 0.6) is 5.75 Å². The minimum absolute atomic E-state index is 0.108. The van der Waals surface area contributed by atoms with Crippen LogP contribution in [0, 0.1) is 6.92 Å². The van der Waals surface area contributed by atoms with E-state index in [1.807, 2.05) is 55.5 Å². The molecule has 30 heavy (non-hydrogen) atoms. The number of carbonyl (C=O) groups is 2. The van der Waals surface area contributed by atoms with Gasteiger partial charge in [-0.15, -0.1) is 0 Å². The zero-order valence-corrected chi connectivity index (χ0v) is 17.3. The molecule has 7 nitrogen and oxygen atoms in total. The van der Waals surface area contributed by atoms with Gasteiger partial charge in [-0.3, -0.25) is 9.59 Å². The van der Waals surface area contributed by atoms with Gasteiger partial charge in [0.25, 0.3) is 5.91 Å². The lowest BCUT2D eigenvalue weighted by atomic mass is 9.94. The fraction of sp³-hybridized carbons (Fsp3) is 0.304. The number of benzene rings is 2. The third kappa shape index (κ3) is 3.76. The molecule has 3 aromatic rings. The van der Waals surface area contributed by atoms with Gasteiger partial charge in [-0.2, -0.15) is 0 Å². The van der Waals surface area contributed by atoms with E-state index in [0.717, 1.165) is 33.5 Å². The van der Waals surface area contributed by atoms with Gasteiger partial charge in [0.2, 0.25) is 5.91 Å². The van der Waals surface area contributed by atoms with Crippen molar-refractivity contribution in [1.82, 2.24) is 15.2 Å². The zero-order chi connectivity index (χ0) is 21.3. The first-order valence-corrected chi connectivity index (χ1v) is 9.84. The summed E-state index contributed by atoms with van der Waals surface area (Å²) >= 11 is 0. The van der Waals surface area contributed by atoms with Gasteiger partial charge in [0.1, 0.15) is 12.4 Å². The molecule has 0 unspecified atom stereocenters. The number of nitrogens with one attached hydrogen (secondary N) is 2. The number of carbonyl (C=O) groups excluding carboxylic acids is 2. The number of methoxy groups -OCH3 is 1. The van der Waals surface area contributed by atoms with Crippen LogP contribution in [-0.4, -0.2) is 48.6 Å². The number of nitrogens with zero attached hydrogens (tertiary/aromatic N) is 1. The van der Waals surface area contributed by atoms with Crippen molar-refractivity contribution >= 4 is 22.7 Å². The summed E-state index contributed by atoms with van der Waals surface area (Å²) in [6, 6.07) is 15.0. The highest BCUT2D eigenvalue weighted by Crippen LogP contribution is 2.31. The third-order valence-electron chi connectivity index (χ3n) is 5.59. The van der Waals surface area contributed by atoms with Gasteiger partial charge in [-0.05, 0) is 42.3 Å². The molecule has 0 bridgehead atoms. The molecule has 2 amide bonds. The number of ether oxygens (including phenoxy) is 2. The molecule has 0 radical (unpaired) electrons. The van der Waals surface area contributed by atoms with Crippen LogP contribution in [-0.2, 0) is 20.9 Å². The van der Waals surface area contributed by atoms with Crippen molar-refractivity contribution in [2.75, 3.05) is 20.8 Å². The average Bonchev–Trinajstić information content (AvgIpc) is 3.16. The molecule has 4 rings (SSSR count). The summed E-state index contributed by atoms with van der Waals surface area (Å²) in [5.74, 6) is 0.386. The molecule has 1 aliphatic rings. The van der Waals surface area contributed by atoms with E-state index in [2.05, 4.69) is 10.3 Å². The summed E-state index contributed by atoms with van der Waals surface area (Å²) in [5, 5.41) is 3.96. The Kier molecular flexibility index (Phi) is 5.46. The highest BCUT2D eigenvalue weighted by atomic mass is 16.5.